The number of carbonyl (C=O) groups is 1. The van der Waals surface area contributed by atoms with Gasteiger partial charge in [-0.25, -0.2) is 14.2 Å². The van der Waals surface area contributed by atoms with Crippen molar-refractivity contribution in [3.8, 4) is 5.75 Å². The molecule has 26 heavy (non-hydrogen) atoms. The Balaban J connectivity index is 1.80. The van der Waals surface area contributed by atoms with Gasteiger partial charge in [-0.1, -0.05) is 15.9 Å². The van der Waals surface area contributed by atoms with Crippen LogP contribution in [0.15, 0.2) is 40.9 Å². The first-order valence-electron chi connectivity index (χ1n) is 7.77. The minimum atomic E-state index is -0.909. The largest absolute Gasteiger partial charge is 0.507 e. The van der Waals surface area contributed by atoms with Gasteiger partial charge in [-0.05, 0) is 43.3 Å². The number of nitrogens with one attached hydrogen (secondary N) is 2. The number of carbonyl (C=O) groups excluding carboxylic acids is 1. The summed E-state index contributed by atoms with van der Waals surface area (Å²) >= 11 is 3.24. The van der Waals surface area contributed by atoms with Gasteiger partial charge in [-0.3, -0.25) is 10.2 Å². The van der Waals surface area contributed by atoms with Crippen LogP contribution >= 0.6 is 15.9 Å². The molecular formula is C18H16BrF2N3O2. The van der Waals surface area contributed by atoms with Gasteiger partial charge in [-0.15, -0.1) is 0 Å². The van der Waals surface area contributed by atoms with Crippen LogP contribution in [0.25, 0.3) is 10.9 Å². The summed E-state index contributed by atoms with van der Waals surface area (Å²) in [6, 6.07) is 8.24. The molecule has 0 bridgehead atoms. The Kier molecular flexibility index (Phi) is 4.97. The quantitative estimate of drug-likeness (QED) is 0.557. The third-order valence-corrected chi connectivity index (χ3v) is 4.69. The SMILES string of the molecule is CC(NNC(=O)c1cc(Br)ccc1O)c1cc2c(F)c(F)ccc2n1C. The number of fused-ring (bicyclic) bond motifs is 1. The van der Waals surface area contributed by atoms with E-state index in [1.807, 2.05) is 0 Å². The molecule has 0 aliphatic heterocycles. The molecule has 2 aromatic carbocycles. The number of phenolic OH excluding ortho intramolecular Hbond substituents is 1. The number of amides is 1. The molecule has 1 atom stereocenters. The molecule has 3 aromatic rings. The van der Waals surface area contributed by atoms with Crippen molar-refractivity contribution in [3.05, 3.63) is 63.8 Å². The number of aromatic nitrogens is 1. The lowest BCUT2D eigenvalue weighted by molar-refractivity contribution is 0.0923. The van der Waals surface area contributed by atoms with Gasteiger partial charge in [0, 0.05) is 22.6 Å². The topological polar surface area (TPSA) is 66.3 Å². The molecule has 0 saturated heterocycles. The summed E-state index contributed by atoms with van der Waals surface area (Å²) in [6.07, 6.45) is 0. The van der Waals surface area contributed by atoms with Crippen LogP contribution in [-0.4, -0.2) is 15.6 Å². The summed E-state index contributed by atoms with van der Waals surface area (Å²) in [5.41, 5.74) is 6.63. The molecule has 1 heterocycles. The zero-order valence-corrected chi connectivity index (χ0v) is 15.6. The van der Waals surface area contributed by atoms with Crippen molar-refractivity contribution >= 4 is 32.7 Å². The second-order valence-electron chi connectivity index (χ2n) is 5.90. The van der Waals surface area contributed by atoms with Gasteiger partial charge >= 0.3 is 0 Å². The highest BCUT2D eigenvalue weighted by Gasteiger charge is 2.18. The zero-order valence-electron chi connectivity index (χ0n) is 14.0. The molecule has 1 amide bonds. The van der Waals surface area contributed by atoms with Crippen LogP contribution in [0.4, 0.5) is 8.78 Å². The monoisotopic (exact) mass is 423 g/mol. The van der Waals surface area contributed by atoms with E-state index in [1.54, 1.807) is 24.6 Å². The van der Waals surface area contributed by atoms with Crippen LogP contribution < -0.4 is 10.9 Å². The van der Waals surface area contributed by atoms with E-state index in [0.29, 0.717) is 15.7 Å². The lowest BCUT2D eigenvalue weighted by atomic mass is 10.2. The molecular weight excluding hydrogens is 408 g/mol. The minimum absolute atomic E-state index is 0.101. The number of hydrazine groups is 1. The summed E-state index contributed by atoms with van der Waals surface area (Å²) in [7, 11) is 1.73. The van der Waals surface area contributed by atoms with Gasteiger partial charge in [-0.2, -0.15) is 0 Å². The lowest BCUT2D eigenvalue weighted by Gasteiger charge is -2.16. The molecule has 1 unspecified atom stereocenters. The molecule has 5 nitrogen and oxygen atoms in total. The van der Waals surface area contributed by atoms with Gasteiger partial charge in [0.25, 0.3) is 5.91 Å². The van der Waals surface area contributed by atoms with Crippen LogP contribution in [0, 0.1) is 11.6 Å². The Morgan fingerprint density at radius 1 is 1.23 bits per heavy atom. The van der Waals surface area contributed by atoms with E-state index in [4.69, 9.17) is 0 Å². The minimum Gasteiger partial charge on any atom is -0.507 e. The second-order valence-corrected chi connectivity index (χ2v) is 6.82. The fourth-order valence-corrected chi connectivity index (χ4v) is 3.15. The number of rotatable bonds is 4. The van der Waals surface area contributed by atoms with Crippen molar-refractivity contribution in [1.29, 1.82) is 0 Å². The fraction of sp³-hybridized carbons (Fsp3) is 0.167. The summed E-state index contributed by atoms with van der Waals surface area (Å²) < 4.78 is 29.8. The highest BCUT2D eigenvalue weighted by molar-refractivity contribution is 9.10. The van der Waals surface area contributed by atoms with Crippen molar-refractivity contribution in [2.24, 2.45) is 7.05 Å². The number of benzene rings is 2. The van der Waals surface area contributed by atoms with E-state index in [9.17, 15) is 18.7 Å². The van der Waals surface area contributed by atoms with Crippen molar-refractivity contribution in [2.45, 2.75) is 13.0 Å². The summed E-state index contributed by atoms with van der Waals surface area (Å²) in [5.74, 6) is -2.48. The highest BCUT2D eigenvalue weighted by Crippen LogP contribution is 2.27. The number of aryl methyl sites for hydroxylation is 1. The summed E-state index contributed by atoms with van der Waals surface area (Å²) in [6.45, 7) is 1.77. The van der Waals surface area contributed by atoms with Gasteiger partial charge in [0.2, 0.25) is 0 Å². The Hall–Kier alpha value is -2.45. The predicted octanol–water partition coefficient (Wildman–Crippen LogP) is 3.92. The Morgan fingerprint density at radius 3 is 2.69 bits per heavy atom. The van der Waals surface area contributed by atoms with Crippen molar-refractivity contribution < 1.29 is 18.7 Å². The number of hydrogen-bond donors (Lipinski definition) is 3. The van der Waals surface area contributed by atoms with Gasteiger partial charge in [0.15, 0.2) is 11.6 Å². The summed E-state index contributed by atoms with van der Waals surface area (Å²) in [5, 5.41) is 9.97. The van der Waals surface area contributed by atoms with Crippen LogP contribution in [0.1, 0.15) is 29.0 Å². The van der Waals surface area contributed by atoms with Gasteiger partial charge in [0.1, 0.15) is 5.75 Å². The van der Waals surface area contributed by atoms with E-state index in [-0.39, 0.29) is 16.7 Å². The summed E-state index contributed by atoms with van der Waals surface area (Å²) in [4.78, 5) is 12.2. The van der Waals surface area contributed by atoms with Gasteiger partial charge in [0.05, 0.1) is 17.1 Å². The van der Waals surface area contributed by atoms with E-state index < -0.39 is 23.6 Å². The average molecular weight is 424 g/mol. The van der Waals surface area contributed by atoms with Crippen molar-refractivity contribution in [3.63, 3.8) is 0 Å². The molecule has 136 valence electrons. The Morgan fingerprint density at radius 2 is 1.96 bits per heavy atom. The first-order chi connectivity index (χ1) is 12.3. The third kappa shape index (κ3) is 3.30. The number of hydrogen-bond acceptors (Lipinski definition) is 3. The van der Waals surface area contributed by atoms with E-state index in [1.165, 1.54) is 24.3 Å². The van der Waals surface area contributed by atoms with Crippen LogP contribution in [0.5, 0.6) is 5.75 Å². The van der Waals surface area contributed by atoms with Crippen molar-refractivity contribution in [2.75, 3.05) is 0 Å². The molecule has 3 rings (SSSR count). The molecule has 0 aliphatic rings. The van der Waals surface area contributed by atoms with E-state index >= 15 is 0 Å². The standard InChI is InChI=1S/C18H16BrF2N3O2/c1-9(22-23-18(26)12-7-10(19)3-6-16(12)25)15-8-11-14(24(15)2)5-4-13(20)17(11)21/h3-9,22,25H,1-2H3,(H,23,26). The Bertz CT molecular complexity index is 1000. The van der Waals surface area contributed by atoms with Crippen molar-refractivity contribution in [1.82, 2.24) is 15.4 Å². The molecule has 0 radical (unpaired) electrons. The molecule has 0 aliphatic carbocycles. The lowest BCUT2D eigenvalue weighted by Crippen LogP contribution is -2.39. The maximum Gasteiger partial charge on any atom is 0.269 e. The average Bonchev–Trinajstić information content (AvgIpc) is 2.95. The smallest absolute Gasteiger partial charge is 0.269 e. The van der Waals surface area contributed by atoms with Crippen LogP contribution in [0.2, 0.25) is 0 Å². The highest BCUT2D eigenvalue weighted by atomic mass is 79.9. The maximum atomic E-state index is 14.0. The molecule has 0 saturated carbocycles. The third-order valence-electron chi connectivity index (χ3n) is 4.20. The molecule has 8 heteroatoms. The van der Waals surface area contributed by atoms with Gasteiger partial charge < -0.3 is 9.67 Å². The number of aromatic hydroxyl groups is 1. The van der Waals surface area contributed by atoms with Crippen LogP contribution in [-0.2, 0) is 7.05 Å². The first-order valence-corrected chi connectivity index (χ1v) is 8.56. The first kappa shape index (κ1) is 18.3. The second kappa shape index (κ2) is 7.05. The molecule has 1 aromatic heterocycles. The number of halogens is 3. The zero-order chi connectivity index (χ0) is 19.0. The van der Waals surface area contributed by atoms with Crippen LogP contribution in [0.3, 0.4) is 0 Å². The number of phenols is 1. The van der Waals surface area contributed by atoms with E-state index in [2.05, 4.69) is 26.8 Å². The Labute approximate surface area is 156 Å². The molecule has 0 fully saturated rings. The molecule has 0 spiro atoms. The number of nitrogens with zero attached hydrogens (tertiary/aromatic N) is 1. The van der Waals surface area contributed by atoms with E-state index in [0.717, 1.165) is 6.07 Å². The normalized spacial score (nSPS) is 12.3. The fourth-order valence-electron chi connectivity index (χ4n) is 2.79. The predicted molar refractivity (Wildman–Crippen MR) is 97.7 cm³/mol. The maximum absolute atomic E-state index is 14.0. The molecule has 3 N–H and O–H groups in total.